The highest BCUT2D eigenvalue weighted by Crippen LogP contribution is 2.08. The monoisotopic (exact) mass is 215 g/mol. The van der Waals surface area contributed by atoms with Crippen LogP contribution in [-0.4, -0.2) is 21.5 Å². The van der Waals surface area contributed by atoms with Gasteiger partial charge in [0.25, 0.3) is 0 Å². The van der Waals surface area contributed by atoms with E-state index in [1.54, 1.807) is 0 Å². The number of hydrogen-bond donors (Lipinski definition) is 1. The predicted molar refractivity (Wildman–Crippen MR) is 60.9 cm³/mol. The lowest BCUT2D eigenvalue weighted by molar-refractivity contribution is 0.670. The van der Waals surface area contributed by atoms with Gasteiger partial charge in [0.15, 0.2) is 0 Å². The van der Waals surface area contributed by atoms with E-state index in [9.17, 15) is 0 Å². The van der Waals surface area contributed by atoms with E-state index in [1.165, 1.54) is 0 Å². The van der Waals surface area contributed by atoms with Crippen LogP contribution in [0.2, 0.25) is 0 Å². The summed E-state index contributed by atoms with van der Waals surface area (Å²) < 4.78 is 2.09. The predicted octanol–water partition coefficient (Wildman–Crippen LogP) is 2.72. The first kappa shape index (κ1) is 11.4. The molecule has 1 rings (SSSR count). The number of halogens is 1. The number of aryl methyl sites for hydroxylation is 1. The Kier molecular flexibility index (Phi) is 4.80. The molecule has 0 spiro atoms. The Morgan fingerprint density at radius 2 is 2.43 bits per heavy atom. The summed E-state index contributed by atoms with van der Waals surface area (Å²) in [6, 6.07) is 0.432. The van der Waals surface area contributed by atoms with E-state index < -0.39 is 0 Å². The highest BCUT2D eigenvalue weighted by molar-refractivity contribution is 6.17. The molecule has 3 nitrogen and oxygen atoms in total. The number of rotatable bonds is 6. The highest BCUT2D eigenvalue weighted by atomic mass is 35.5. The molecule has 4 heteroatoms. The molecular weight excluding hydrogens is 198 g/mol. The summed E-state index contributed by atoms with van der Waals surface area (Å²) >= 11 is 5.64. The molecule has 0 saturated heterocycles. The minimum atomic E-state index is 0.432. The maximum absolute atomic E-state index is 5.64. The van der Waals surface area contributed by atoms with Crippen LogP contribution in [0.25, 0.3) is 0 Å². The fourth-order valence-electron chi connectivity index (χ4n) is 1.38. The zero-order chi connectivity index (χ0) is 10.4. The molecule has 0 saturated carbocycles. The van der Waals surface area contributed by atoms with Crippen LogP contribution in [0.3, 0.4) is 0 Å². The van der Waals surface area contributed by atoms with Gasteiger partial charge in [0.05, 0.1) is 0 Å². The molecule has 0 amide bonds. The Labute approximate surface area is 90.5 Å². The second kappa shape index (κ2) is 5.91. The molecule has 1 atom stereocenters. The SMILES string of the molecule is CCn1ccnc1NC(C)CCCCl. The molecule has 1 aromatic heterocycles. The second-order valence-corrected chi connectivity index (χ2v) is 3.79. The van der Waals surface area contributed by atoms with E-state index in [4.69, 9.17) is 11.6 Å². The van der Waals surface area contributed by atoms with Crippen molar-refractivity contribution in [1.82, 2.24) is 9.55 Å². The average Bonchev–Trinajstić information content (AvgIpc) is 2.62. The van der Waals surface area contributed by atoms with E-state index in [0.717, 1.165) is 31.2 Å². The first-order valence-corrected chi connectivity index (χ1v) is 5.65. The number of hydrogen-bond acceptors (Lipinski definition) is 2. The molecule has 0 radical (unpaired) electrons. The van der Waals surface area contributed by atoms with Crippen molar-refractivity contribution >= 4 is 17.5 Å². The Hall–Kier alpha value is -0.700. The second-order valence-electron chi connectivity index (χ2n) is 3.41. The van der Waals surface area contributed by atoms with Gasteiger partial charge in [-0.25, -0.2) is 4.98 Å². The molecule has 0 aliphatic carbocycles. The summed E-state index contributed by atoms with van der Waals surface area (Å²) in [4.78, 5) is 4.25. The van der Waals surface area contributed by atoms with Crippen LogP contribution in [0.4, 0.5) is 5.95 Å². The van der Waals surface area contributed by atoms with Gasteiger partial charge < -0.3 is 9.88 Å². The third kappa shape index (κ3) is 3.22. The number of anilines is 1. The Bertz CT molecular complexity index is 260. The van der Waals surface area contributed by atoms with Crippen molar-refractivity contribution in [2.75, 3.05) is 11.2 Å². The topological polar surface area (TPSA) is 29.9 Å². The lowest BCUT2D eigenvalue weighted by Gasteiger charge is -2.14. The maximum atomic E-state index is 5.64. The third-order valence-corrected chi connectivity index (χ3v) is 2.47. The van der Waals surface area contributed by atoms with Gasteiger partial charge in [0, 0.05) is 30.9 Å². The van der Waals surface area contributed by atoms with Crippen LogP contribution in [0.1, 0.15) is 26.7 Å². The molecule has 0 aliphatic rings. The summed E-state index contributed by atoms with van der Waals surface area (Å²) in [5, 5.41) is 3.37. The van der Waals surface area contributed by atoms with Crippen LogP contribution in [-0.2, 0) is 6.54 Å². The van der Waals surface area contributed by atoms with Crippen molar-refractivity contribution in [3.05, 3.63) is 12.4 Å². The fraction of sp³-hybridized carbons (Fsp3) is 0.700. The van der Waals surface area contributed by atoms with Crippen LogP contribution < -0.4 is 5.32 Å². The third-order valence-electron chi connectivity index (χ3n) is 2.20. The molecule has 80 valence electrons. The van der Waals surface area contributed by atoms with Gasteiger partial charge >= 0.3 is 0 Å². The number of aromatic nitrogens is 2. The minimum Gasteiger partial charge on any atom is -0.353 e. The lowest BCUT2D eigenvalue weighted by atomic mass is 10.2. The normalized spacial score (nSPS) is 12.8. The van der Waals surface area contributed by atoms with Crippen molar-refractivity contribution in [3.63, 3.8) is 0 Å². The molecule has 1 heterocycles. The average molecular weight is 216 g/mol. The Morgan fingerprint density at radius 3 is 3.07 bits per heavy atom. The Morgan fingerprint density at radius 1 is 1.64 bits per heavy atom. The first-order chi connectivity index (χ1) is 6.77. The van der Waals surface area contributed by atoms with Gasteiger partial charge in [-0.05, 0) is 26.7 Å². The van der Waals surface area contributed by atoms with Gasteiger partial charge in [-0.15, -0.1) is 11.6 Å². The molecule has 0 fully saturated rings. The summed E-state index contributed by atoms with van der Waals surface area (Å²) in [7, 11) is 0. The number of alkyl halides is 1. The van der Waals surface area contributed by atoms with Crippen molar-refractivity contribution in [2.45, 2.75) is 39.3 Å². The molecule has 1 N–H and O–H groups in total. The number of imidazole rings is 1. The van der Waals surface area contributed by atoms with Crippen LogP contribution in [0, 0.1) is 0 Å². The highest BCUT2D eigenvalue weighted by Gasteiger charge is 2.05. The first-order valence-electron chi connectivity index (χ1n) is 5.11. The van der Waals surface area contributed by atoms with E-state index in [-0.39, 0.29) is 0 Å². The van der Waals surface area contributed by atoms with Gasteiger partial charge in [-0.3, -0.25) is 0 Å². The summed E-state index contributed by atoms with van der Waals surface area (Å²) in [5.41, 5.74) is 0. The maximum Gasteiger partial charge on any atom is 0.202 e. The fourth-order valence-corrected chi connectivity index (χ4v) is 1.53. The summed E-state index contributed by atoms with van der Waals surface area (Å²) in [6.45, 7) is 5.21. The van der Waals surface area contributed by atoms with Gasteiger partial charge in [-0.1, -0.05) is 0 Å². The minimum absolute atomic E-state index is 0.432. The van der Waals surface area contributed by atoms with E-state index in [0.29, 0.717) is 6.04 Å². The number of nitrogens with one attached hydrogen (secondary N) is 1. The van der Waals surface area contributed by atoms with E-state index in [1.807, 2.05) is 12.4 Å². The molecular formula is C10H18ClN3. The zero-order valence-corrected chi connectivity index (χ0v) is 9.59. The van der Waals surface area contributed by atoms with Gasteiger partial charge in [-0.2, -0.15) is 0 Å². The van der Waals surface area contributed by atoms with Crippen LogP contribution >= 0.6 is 11.6 Å². The quantitative estimate of drug-likeness (QED) is 0.740. The van der Waals surface area contributed by atoms with Gasteiger partial charge in [0.2, 0.25) is 5.95 Å². The molecule has 0 aromatic carbocycles. The zero-order valence-electron chi connectivity index (χ0n) is 8.83. The van der Waals surface area contributed by atoms with Crippen molar-refractivity contribution in [1.29, 1.82) is 0 Å². The van der Waals surface area contributed by atoms with Gasteiger partial charge in [0.1, 0.15) is 0 Å². The van der Waals surface area contributed by atoms with Crippen molar-refractivity contribution in [2.24, 2.45) is 0 Å². The largest absolute Gasteiger partial charge is 0.353 e. The smallest absolute Gasteiger partial charge is 0.202 e. The van der Waals surface area contributed by atoms with E-state index in [2.05, 4.69) is 28.7 Å². The summed E-state index contributed by atoms with van der Waals surface area (Å²) in [5.74, 6) is 1.68. The molecule has 0 bridgehead atoms. The number of nitrogens with zero attached hydrogens (tertiary/aromatic N) is 2. The summed E-state index contributed by atoms with van der Waals surface area (Å²) in [6.07, 6.45) is 5.93. The molecule has 0 aliphatic heterocycles. The standard InChI is InChI=1S/C10H18ClN3/c1-3-14-8-7-12-10(14)13-9(2)5-4-6-11/h7-9H,3-6H2,1-2H3,(H,12,13). The Balaban J connectivity index is 2.42. The van der Waals surface area contributed by atoms with Crippen LogP contribution in [0.15, 0.2) is 12.4 Å². The lowest BCUT2D eigenvalue weighted by Crippen LogP contribution is -2.18. The van der Waals surface area contributed by atoms with Crippen LogP contribution in [0.5, 0.6) is 0 Å². The molecule has 1 unspecified atom stereocenters. The van der Waals surface area contributed by atoms with Crippen molar-refractivity contribution < 1.29 is 0 Å². The van der Waals surface area contributed by atoms with E-state index >= 15 is 0 Å². The molecule has 1 aromatic rings. The molecule has 14 heavy (non-hydrogen) atoms. The van der Waals surface area contributed by atoms with Crippen molar-refractivity contribution in [3.8, 4) is 0 Å².